The van der Waals surface area contributed by atoms with Gasteiger partial charge in [-0.3, -0.25) is 43.6 Å². The summed E-state index contributed by atoms with van der Waals surface area (Å²) in [5.74, 6) is -2.81. The first-order valence-electron chi connectivity index (χ1n) is 15.6. The number of carbonyl (C=O) groups excluding carboxylic acids is 3. The van der Waals surface area contributed by atoms with E-state index in [-0.39, 0.29) is 123 Å². The number of thioether (sulfide) groups is 1. The molecular weight excluding hydrogens is 792 g/mol. The third-order valence-corrected chi connectivity index (χ3v) is 8.81. The number of nitrogens with one attached hydrogen (secondary N) is 1. The van der Waals surface area contributed by atoms with Gasteiger partial charge in [0, 0.05) is 65.3 Å². The molecule has 0 aliphatic carbocycles. The molecule has 1 heterocycles. The van der Waals surface area contributed by atoms with Gasteiger partial charge in [-0.2, -0.15) is 11.8 Å². The van der Waals surface area contributed by atoms with Crippen molar-refractivity contribution in [3.8, 4) is 0 Å². The van der Waals surface area contributed by atoms with Crippen LogP contribution >= 0.6 is 35.7 Å². The van der Waals surface area contributed by atoms with Gasteiger partial charge < -0.3 is 39.8 Å². The minimum Gasteiger partial charge on any atom is -0.480 e. The summed E-state index contributed by atoms with van der Waals surface area (Å²) in [5, 5.41) is 31.0. The standard InChI is InChI=1S/C32H48N5O9S.CH3.HI.Na/c1-24(25(2)38)22-47-23-29(40)33-17-27-5-3-4-26(16-27)6-7-28(39)18-34-8-10-35(19-30(41)42)12-14-37(21-32(45)46)15-13-36(11-9-34)20-31(43)44;;;/h3-5,16,24H,1,6-15,17-23H2,2H3,(H,33,40)(H,41,42)(H,43,44)(H,45,46);1H3;1H;/q2*-1;;+1/t24-;;;/m1.../s1. The monoisotopic (exact) mass is 844 g/mol. The van der Waals surface area contributed by atoms with E-state index in [0.717, 1.165) is 11.1 Å². The van der Waals surface area contributed by atoms with Gasteiger partial charge in [-0.1, -0.05) is 24.3 Å². The number of amides is 1. The van der Waals surface area contributed by atoms with E-state index in [2.05, 4.69) is 12.2 Å². The molecule has 1 aliphatic heterocycles. The van der Waals surface area contributed by atoms with Crippen molar-refractivity contribution < 1.29 is 73.6 Å². The van der Waals surface area contributed by atoms with Crippen LogP contribution in [0.4, 0.5) is 0 Å². The summed E-state index contributed by atoms with van der Waals surface area (Å²) in [5.41, 5.74) is 1.84. The smallest absolute Gasteiger partial charge is 0.480 e. The van der Waals surface area contributed by atoms with Crippen LogP contribution in [0.1, 0.15) is 24.5 Å². The Hall–Kier alpha value is -1.64. The number of nitrogens with zero attached hydrogens (tertiary/aromatic N) is 4. The fourth-order valence-electron chi connectivity index (χ4n) is 4.96. The zero-order valence-corrected chi connectivity index (χ0v) is 34.7. The molecule has 14 nitrogen and oxygen atoms in total. The number of aryl methyl sites for hydroxylation is 1. The zero-order valence-electron chi connectivity index (χ0n) is 29.5. The Labute approximate surface area is 339 Å². The van der Waals surface area contributed by atoms with Crippen molar-refractivity contribution >= 4 is 71.1 Å². The van der Waals surface area contributed by atoms with Crippen molar-refractivity contribution in [2.75, 3.05) is 90.0 Å². The van der Waals surface area contributed by atoms with Gasteiger partial charge >= 0.3 is 47.5 Å². The van der Waals surface area contributed by atoms with Crippen LogP contribution in [-0.2, 0) is 41.7 Å². The minimum absolute atomic E-state index is 0. The van der Waals surface area contributed by atoms with Gasteiger partial charge in [0.25, 0.3) is 0 Å². The molecule has 0 spiro atoms. The topological polar surface area (TPSA) is 188 Å². The van der Waals surface area contributed by atoms with Crippen LogP contribution in [-0.4, -0.2) is 160 Å². The number of carbonyl (C=O) groups is 6. The molecule has 1 amide bonds. The van der Waals surface area contributed by atoms with E-state index in [1.54, 1.807) is 14.7 Å². The van der Waals surface area contributed by atoms with E-state index in [9.17, 15) is 44.1 Å². The maximum atomic E-state index is 13.1. The van der Waals surface area contributed by atoms with Crippen molar-refractivity contribution in [1.29, 1.82) is 0 Å². The van der Waals surface area contributed by atoms with Crippen LogP contribution in [0.3, 0.4) is 0 Å². The van der Waals surface area contributed by atoms with Crippen molar-refractivity contribution in [2.24, 2.45) is 5.92 Å². The summed E-state index contributed by atoms with van der Waals surface area (Å²) in [7, 11) is 0. The normalized spacial score (nSPS) is 15.8. The molecule has 50 heavy (non-hydrogen) atoms. The average molecular weight is 845 g/mol. The van der Waals surface area contributed by atoms with Crippen molar-refractivity contribution in [3.05, 3.63) is 49.7 Å². The Bertz CT molecular complexity index is 1200. The molecule has 0 bridgehead atoms. The summed E-state index contributed by atoms with van der Waals surface area (Å²) >= 11 is 1.36. The maximum absolute atomic E-state index is 13.1. The summed E-state index contributed by atoms with van der Waals surface area (Å²) in [6, 6.07) is 7.63. The molecule has 0 saturated carbocycles. The van der Waals surface area contributed by atoms with E-state index >= 15 is 0 Å². The first-order valence-corrected chi connectivity index (χ1v) is 16.8. The molecule has 1 fully saturated rings. The van der Waals surface area contributed by atoms with Gasteiger partial charge in [-0.15, -0.1) is 29.9 Å². The zero-order chi connectivity index (χ0) is 34.8. The van der Waals surface area contributed by atoms with E-state index < -0.39 is 17.9 Å². The molecule has 0 radical (unpaired) electrons. The van der Waals surface area contributed by atoms with Gasteiger partial charge in [0.15, 0.2) is 0 Å². The Morgan fingerprint density at radius 1 is 0.780 bits per heavy atom. The second kappa shape index (κ2) is 27.9. The van der Waals surface area contributed by atoms with Crippen LogP contribution in [0.25, 0.3) is 0 Å². The number of ketones is 2. The van der Waals surface area contributed by atoms with E-state index in [1.807, 2.05) is 29.2 Å². The maximum Gasteiger partial charge on any atom is 1.00 e. The van der Waals surface area contributed by atoms with Crippen LogP contribution in [0.2, 0.25) is 0 Å². The molecule has 1 aromatic carbocycles. The Balaban J connectivity index is 0. The van der Waals surface area contributed by atoms with Gasteiger partial charge in [-0.25, -0.2) is 0 Å². The molecule has 0 unspecified atom stereocenters. The quantitative estimate of drug-likeness (QED) is 0.0731. The number of carboxylic acids is 3. The SMILES string of the molecule is I.[CH2-][C@H](CSCC(=O)NCc1cccc(CCC(=O)CN2CCN(CC(=O)O)CCN(CC(=O)O)CCN(CC(=O)O)CC2)c1)C(C)=O.[CH3-].[Na+]. The summed E-state index contributed by atoms with van der Waals surface area (Å²) in [6.45, 7) is 7.72. The fraction of sp³-hybridized carbons (Fsp3) is 0.576. The van der Waals surface area contributed by atoms with Crippen LogP contribution < -0.4 is 34.9 Å². The average Bonchev–Trinajstić information content (AvgIpc) is 2.99. The van der Waals surface area contributed by atoms with Crippen molar-refractivity contribution in [2.45, 2.75) is 26.3 Å². The number of Topliss-reactive ketones (excluding diaryl/α,β-unsaturated/α-hetero) is 2. The Morgan fingerprint density at radius 3 is 1.62 bits per heavy atom. The predicted molar refractivity (Wildman–Crippen MR) is 199 cm³/mol. The number of aliphatic carboxylic acids is 3. The number of rotatable bonds is 18. The summed E-state index contributed by atoms with van der Waals surface area (Å²) in [4.78, 5) is 78.0. The van der Waals surface area contributed by atoms with Gasteiger partial charge in [-0.05, 0) is 30.2 Å². The molecule has 1 aliphatic rings. The molecule has 1 atom stereocenters. The first kappa shape index (κ1) is 50.5. The number of carboxylic acid groups (broad SMARTS) is 3. The fourth-order valence-corrected chi connectivity index (χ4v) is 5.88. The van der Waals surface area contributed by atoms with Gasteiger partial charge in [0.2, 0.25) is 5.91 Å². The number of hydrogen-bond donors (Lipinski definition) is 4. The molecule has 2 rings (SSSR count). The van der Waals surface area contributed by atoms with Crippen LogP contribution in [0.15, 0.2) is 24.3 Å². The molecular formula is C33H52IN5NaO9S-. The van der Waals surface area contributed by atoms with Gasteiger partial charge in [0.1, 0.15) is 11.6 Å². The van der Waals surface area contributed by atoms with Crippen LogP contribution in [0, 0.1) is 20.3 Å². The third kappa shape index (κ3) is 23.0. The molecule has 1 saturated heterocycles. The van der Waals surface area contributed by atoms with Crippen LogP contribution in [0.5, 0.6) is 0 Å². The second-order valence-corrected chi connectivity index (χ2v) is 12.8. The largest absolute Gasteiger partial charge is 1.00 e. The molecule has 0 aromatic heterocycles. The van der Waals surface area contributed by atoms with Crippen molar-refractivity contribution in [3.63, 3.8) is 0 Å². The summed E-state index contributed by atoms with van der Waals surface area (Å²) < 4.78 is 0. The minimum atomic E-state index is -1.02. The first-order chi connectivity index (χ1) is 22.3. The number of benzene rings is 1. The van der Waals surface area contributed by atoms with Gasteiger partial charge in [0.05, 0.1) is 31.9 Å². The third-order valence-electron chi connectivity index (χ3n) is 7.71. The number of hydrogen-bond acceptors (Lipinski definition) is 11. The molecule has 4 N–H and O–H groups in total. The van der Waals surface area contributed by atoms with E-state index in [1.165, 1.54) is 18.7 Å². The number of halogens is 1. The van der Waals surface area contributed by atoms with E-state index in [4.69, 9.17) is 0 Å². The molecule has 17 heteroatoms. The Kier molecular flexibility index (Phi) is 28.2. The van der Waals surface area contributed by atoms with E-state index in [0.29, 0.717) is 71.1 Å². The van der Waals surface area contributed by atoms with Crippen molar-refractivity contribution in [1.82, 2.24) is 24.9 Å². The molecule has 278 valence electrons. The Morgan fingerprint density at radius 2 is 1.20 bits per heavy atom. The second-order valence-electron chi connectivity index (χ2n) is 11.7. The predicted octanol–water partition coefficient (Wildman–Crippen LogP) is -1.88. The molecule has 1 aromatic rings. The summed E-state index contributed by atoms with van der Waals surface area (Å²) in [6.07, 6.45) is 0.767.